The summed E-state index contributed by atoms with van der Waals surface area (Å²) in [5, 5.41) is 15.6. The highest BCUT2D eigenvalue weighted by atomic mass is 16.3. The number of carbonyl (C=O) groups excluding carboxylic acids is 3. The third kappa shape index (κ3) is 5.21. The van der Waals surface area contributed by atoms with Crippen molar-refractivity contribution in [3.63, 3.8) is 0 Å². The Morgan fingerprint density at radius 1 is 1.22 bits per heavy atom. The van der Waals surface area contributed by atoms with Gasteiger partial charge in [-0.25, -0.2) is 0 Å². The number of nitrogens with one attached hydrogen (secondary N) is 3. The van der Waals surface area contributed by atoms with Crippen LogP contribution in [0.2, 0.25) is 0 Å². The average molecular weight is 440 g/mol. The van der Waals surface area contributed by atoms with E-state index >= 15 is 0 Å². The Balaban J connectivity index is 1.74. The average Bonchev–Trinajstić information content (AvgIpc) is 3.05. The maximum Gasteiger partial charge on any atom is 0.268 e. The molecule has 0 spiro atoms. The minimum absolute atomic E-state index is 0.0481. The van der Waals surface area contributed by atoms with Crippen LogP contribution in [-0.2, 0) is 17.8 Å². The number of hydrogen-bond acceptors (Lipinski definition) is 4. The van der Waals surface area contributed by atoms with E-state index in [9.17, 15) is 19.5 Å². The molecule has 7 nitrogen and oxygen atoms in total. The molecule has 0 saturated carbocycles. The van der Waals surface area contributed by atoms with E-state index < -0.39 is 6.04 Å². The summed E-state index contributed by atoms with van der Waals surface area (Å²) in [6.45, 7) is 8.05. The van der Waals surface area contributed by atoms with Crippen molar-refractivity contribution < 1.29 is 19.5 Å². The van der Waals surface area contributed by atoms with Gasteiger partial charge in [0, 0.05) is 29.8 Å². The number of phenols is 1. The third-order valence-corrected chi connectivity index (χ3v) is 6.04. The van der Waals surface area contributed by atoms with Crippen molar-refractivity contribution >= 4 is 17.6 Å². The molecular weight excluding hydrogens is 406 g/mol. The molecule has 1 aliphatic carbocycles. The number of amides is 2. The number of hydrogen-bond donors (Lipinski definition) is 4. The topological polar surface area (TPSA) is 111 Å². The van der Waals surface area contributed by atoms with E-state index in [1.54, 1.807) is 31.2 Å². The quantitative estimate of drug-likeness (QED) is 0.501. The number of para-hydroxylation sites is 1. The summed E-state index contributed by atoms with van der Waals surface area (Å²) >= 11 is 0. The van der Waals surface area contributed by atoms with Crippen LogP contribution in [0.3, 0.4) is 0 Å². The Morgan fingerprint density at radius 3 is 2.62 bits per heavy atom. The molecule has 1 unspecified atom stereocenters. The Kier molecular flexibility index (Phi) is 7.06. The van der Waals surface area contributed by atoms with E-state index in [1.165, 1.54) is 0 Å². The molecule has 2 amide bonds. The van der Waals surface area contributed by atoms with Gasteiger partial charge in [0.25, 0.3) is 5.91 Å². The van der Waals surface area contributed by atoms with E-state index in [-0.39, 0.29) is 35.3 Å². The van der Waals surface area contributed by atoms with Gasteiger partial charge in [-0.05, 0) is 36.8 Å². The summed E-state index contributed by atoms with van der Waals surface area (Å²) in [6, 6.07) is 6.10. The first kappa shape index (κ1) is 23.6. The molecule has 3 rings (SSSR count). The molecule has 2 aromatic rings. The molecule has 7 heteroatoms. The number of aromatic nitrogens is 1. The van der Waals surface area contributed by atoms with E-state index in [1.807, 2.05) is 20.8 Å². The lowest BCUT2D eigenvalue weighted by Crippen LogP contribution is -2.46. The van der Waals surface area contributed by atoms with Gasteiger partial charge >= 0.3 is 0 Å². The SMILES string of the molecule is CCCCC(NC(=O)c1[nH]c2c(c1C)C(=O)CC(C)(C)C2)C(=O)NCc1ccccc1O. The van der Waals surface area contributed by atoms with Gasteiger partial charge in [0.1, 0.15) is 17.5 Å². The maximum absolute atomic E-state index is 13.1. The molecule has 0 radical (unpaired) electrons. The summed E-state index contributed by atoms with van der Waals surface area (Å²) in [5.74, 6) is -0.531. The lowest BCUT2D eigenvalue weighted by atomic mass is 9.75. The molecule has 0 fully saturated rings. The van der Waals surface area contributed by atoms with E-state index in [0.29, 0.717) is 41.6 Å². The summed E-state index contributed by atoms with van der Waals surface area (Å²) < 4.78 is 0. The molecule has 0 bridgehead atoms. The first-order valence-corrected chi connectivity index (χ1v) is 11.2. The van der Waals surface area contributed by atoms with Crippen molar-refractivity contribution in [3.05, 3.63) is 52.3 Å². The van der Waals surface area contributed by atoms with Crippen LogP contribution in [0.1, 0.15) is 84.1 Å². The highest BCUT2D eigenvalue weighted by Gasteiger charge is 2.35. The van der Waals surface area contributed by atoms with Crippen molar-refractivity contribution in [2.45, 2.75) is 72.4 Å². The zero-order valence-corrected chi connectivity index (χ0v) is 19.3. The first-order chi connectivity index (χ1) is 15.1. The van der Waals surface area contributed by atoms with Crippen molar-refractivity contribution in [3.8, 4) is 5.75 Å². The summed E-state index contributed by atoms with van der Waals surface area (Å²) in [4.78, 5) is 41.7. The van der Waals surface area contributed by atoms with Gasteiger partial charge in [-0.15, -0.1) is 0 Å². The number of benzene rings is 1. The number of rotatable bonds is 8. The molecular formula is C25H33N3O4. The van der Waals surface area contributed by atoms with Gasteiger partial charge in [-0.2, -0.15) is 0 Å². The molecule has 1 aliphatic rings. The van der Waals surface area contributed by atoms with E-state index in [4.69, 9.17) is 0 Å². The van der Waals surface area contributed by atoms with Crippen LogP contribution < -0.4 is 10.6 Å². The van der Waals surface area contributed by atoms with Crippen molar-refractivity contribution in [1.29, 1.82) is 0 Å². The van der Waals surface area contributed by atoms with Crippen molar-refractivity contribution in [1.82, 2.24) is 15.6 Å². The lowest BCUT2D eigenvalue weighted by Gasteiger charge is -2.28. The summed E-state index contributed by atoms with van der Waals surface area (Å²) in [7, 11) is 0. The number of H-pyrrole nitrogens is 1. The summed E-state index contributed by atoms with van der Waals surface area (Å²) in [5.41, 5.74) is 2.85. The molecule has 1 aromatic carbocycles. The van der Waals surface area contributed by atoms with Gasteiger partial charge in [0.15, 0.2) is 5.78 Å². The highest BCUT2D eigenvalue weighted by Crippen LogP contribution is 2.36. The fourth-order valence-electron chi connectivity index (χ4n) is 4.33. The van der Waals surface area contributed by atoms with Gasteiger partial charge in [-0.1, -0.05) is 51.8 Å². The predicted octanol–water partition coefficient (Wildman–Crippen LogP) is 3.79. The Labute approximate surface area is 189 Å². The van der Waals surface area contributed by atoms with Gasteiger partial charge in [0.05, 0.1) is 0 Å². The number of aromatic hydroxyl groups is 1. The van der Waals surface area contributed by atoms with Crippen LogP contribution in [0.15, 0.2) is 24.3 Å². The molecule has 0 aliphatic heterocycles. The highest BCUT2D eigenvalue weighted by molar-refractivity contribution is 6.05. The Hall–Kier alpha value is -3.09. The third-order valence-electron chi connectivity index (χ3n) is 6.04. The second kappa shape index (κ2) is 9.59. The first-order valence-electron chi connectivity index (χ1n) is 11.2. The normalized spacial score (nSPS) is 15.7. The molecule has 1 atom stereocenters. The largest absolute Gasteiger partial charge is 0.508 e. The number of carbonyl (C=O) groups is 3. The standard InChI is InChI=1S/C25H33N3O4/c1-5-6-10-17(23(31)26-14-16-9-7-8-11-19(16)29)28-24(32)22-15(2)21-18(27-22)12-25(3,4)13-20(21)30/h7-9,11,17,27,29H,5-6,10,12-14H2,1-4H3,(H,26,31)(H,28,32). The van der Waals surface area contributed by atoms with Crippen LogP contribution in [-0.4, -0.2) is 33.7 Å². The number of ketones is 1. The van der Waals surface area contributed by atoms with Gasteiger partial charge in [-0.3, -0.25) is 14.4 Å². The number of aromatic amines is 1. The van der Waals surface area contributed by atoms with E-state index in [2.05, 4.69) is 15.6 Å². The minimum atomic E-state index is -0.708. The Bertz CT molecular complexity index is 1020. The lowest BCUT2D eigenvalue weighted by molar-refractivity contribution is -0.123. The number of unbranched alkanes of at least 4 members (excludes halogenated alkanes) is 1. The Morgan fingerprint density at radius 2 is 1.94 bits per heavy atom. The van der Waals surface area contributed by atoms with Crippen LogP contribution in [0, 0.1) is 12.3 Å². The smallest absolute Gasteiger partial charge is 0.268 e. The van der Waals surface area contributed by atoms with Crippen LogP contribution in [0.4, 0.5) is 0 Å². The number of Topliss-reactive ketones (excluding diaryl/α,β-unsaturated/α-hetero) is 1. The fourth-order valence-corrected chi connectivity index (χ4v) is 4.33. The molecule has 172 valence electrons. The second-order valence-corrected chi connectivity index (χ2v) is 9.43. The van der Waals surface area contributed by atoms with Crippen LogP contribution in [0.25, 0.3) is 0 Å². The zero-order chi connectivity index (χ0) is 23.5. The maximum atomic E-state index is 13.1. The molecule has 1 heterocycles. The molecule has 4 N–H and O–H groups in total. The second-order valence-electron chi connectivity index (χ2n) is 9.43. The number of phenolic OH excluding ortho intramolecular Hbond substituents is 1. The number of fused-ring (bicyclic) bond motifs is 1. The van der Waals surface area contributed by atoms with Crippen LogP contribution >= 0.6 is 0 Å². The van der Waals surface area contributed by atoms with Gasteiger partial charge < -0.3 is 20.7 Å². The molecule has 1 aromatic heterocycles. The van der Waals surface area contributed by atoms with E-state index in [0.717, 1.165) is 18.5 Å². The monoisotopic (exact) mass is 439 g/mol. The van der Waals surface area contributed by atoms with Crippen molar-refractivity contribution in [2.75, 3.05) is 0 Å². The fraction of sp³-hybridized carbons (Fsp3) is 0.480. The predicted molar refractivity (Wildman–Crippen MR) is 123 cm³/mol. The van der Waals surface area contributed by atoms with Gasteiger partial charge in [0.2, 0.25) is 5.91 Å². The zero-order valence-electron chi connectivity index (χ0n) is 19.3. The van der Waals surface area contributed by atoms with Crippen LogP contribution in [0.5, 0.6) is 5.75 Å². The van der Waals surface area contributed by atoms with Crippen molar-refractivity contribution in [2.24, 2.45) is 5.41 Å². The minimum Gasteiger partial charge on any atom is -0.508 e. The summed E-state index contributed by atoms with van der Waals surface area (Å²) in [6.07, 6.45) is 3.32. The molecule has 32 heavy (non-hydrogen) atoms. The molecule has 0 saturated heterocycles.